The maximum atomic E-state index is 13.8. The highest BCUT2D eigenvalue weighted by atomic mass is 19.4. The van der Waals surface area contributed by atoms with E-state index in [1.54, 1.807) is 0 Å². The summed E-state index contributed by atoms with van der Waals surface area (Å²) in [4.78, 5) is 23.4. The van der Waals surface area contributed by atoms with Crippen LogP contribution in [0.1, 0.15) is 52.0 Å². The number of carbonyl (C=O) groups excluding carboxylic acids is 2. The minimum atomic E-state index is -4.89. The third kappa shape index (κ3) is 6.65. The van der Waals surface area contributed by atoms with Crippen molar-refractivity contribution >= 4 is 11.9 Å². The monoisotopic (exact) mass is 378 g/mol. The van der Waals surface area contributed by atoms with E-state index in [0.717, 1.165) is 12.1 Å². The van der Waals surface area contributed by atoms with Crippen LogP contribution in [-0.4, -0.2) is 18.0 Å². The molecule has 0 bridgehead atoms. The molecule has 0 saturated heterocycles. The van der Waals surface area contributed by atoms with Crippen LogP contribution in [0.4, 0.5) is 17.6 Å². The van der Waals surface area contributed by atoms with Crippen molar-refractivity contribution in [1.82, 2.24) is 0 Å². The molecule has 1 unspecified atom stereocenters. The van der Waals surface area contributed by atoms with Crippen LogP contribution >= 0.6 is 0 Å². The van der Waals surface area contributed by atoms with E-state index in [0.29, 0.717) is 12.5 Å². The van der Waals surface area contributed by atoms with Gasteiger partial charge in [0.1, 0.15) is 6.10 Å². The Kier molecular flexibility index (Phi) is 8.05. The average molecular weight is 378 g/mol. The summed E-state index contributed by atoms with van der Waals surface area (Å²) in [7, 11) is 0. The van der Waals surface area contributed by atoms with E-state index >= 15 is 0 Å². The Morgan fingerprint density at radius 1 is 1.12 bits per heavy atom. The molecule has 26 heavy (non-hydrogen) atoms. The lowest BCUT2D eigenvalue weighted by molar-refractivity contribution is -0.151. The van der Waals surface area contributed by atoms with Gasteiger partial charge >= 0.3 is 18.1 Å². The average Bonchev–Trinajstić information content (AvgIpc) is 2.53. The molecule has 1 atom stereocenters. The van der Waals surface area contributed by atoms with Crippen molar-refractivity contribution in [1.29, 1.82) is 0 Å². The van der Waals surface area contributed by atoms with Gasteiger partial charge < -0.3 is 9.47 Å². The number of carbonyl (C=O) groups is 2. The Balaban J connectivity index is 2.52. The molecule has 0 spiro atoms. The van der Waals surface area contributed by atoms with Crippen LogP contribution in [0, 0.1) is 11.7 Å². The Morgan fingerprint density at radius 2 is 1.73 bits per heavy atom. The maximum absolute atomic E-state index is 13.8. The van der Waals surface area contributed by atoms with Crippen LogP contribution in [0.5, 0.6) is 5.75 Å². The number of alkyl halides is 3. The molecule has 4 nitrogen and oxygen atoms in total. The first-order valence-corrected chi connectivity index (χ1v) is 8.32. The molecule has 146 valence electrons. The van der Waals surface area contributed by atoms with E-state index in [9.17, 15) is 27.2 Å². The summed E-state index contributed by atoms with van der Waals surface area (Å²) in [5.74, 6) is -3.66. The first-order valence-electron chi connectivity index (χ1n) is 8.32. The lowest BCUT2D eigenvalue weighted by atomic mass is 10.1. The fourth-order valence-corrected chi connectivity index (χ4v) is 2.28. The van der Waals surface area contributed by atoms with Gasteiger partial charge in [-0.05, 0) is 30.9 Å². The summed E-state index contributed by atoms with van der Waals surface area (Å²) in [6, 6.07) is 2.44. The quantitative estimate of drug-likeness (QED) is 0.367. The van der Waals surface area contributed by atoms with Crippen LogP contribution in [0.3, 0.4) is 0 Å². The largest absolute Gasteiger partial charge is 0.462 e. The third-order valence-electron chi connectivity index (χ3n) is 3.68. The Labute approximate surface area is 149 Å². The van der Waals surface area contributed by atoms with Crippen molar-refractivity contribution in [3.8, 4) is 5.75 Å². The molecule has 0 fully saturated rings. The Bertz CT molecular complexity index is 626. The molecule has 8 heteroatoms. The van der Waals surface area contributed by atoms with Gasteiger partial charge in [-0.25, -0.2) is 4.39 Å². The second kappa shape index (κ2) is 9.54. The minimum absolute atomic E-state index is 0.0383. The van der Waals surface area contributed by atoms with Crippen LogP contribution in [0.2, 0.25) is 0 Å². The fraction of sp³-hybridized carbons (Fsp3) is 0.556. The molecule has 1 aromatic rings. The van der Waals surface area contributed by atoms with Gasteiger partial charge in [-0.1, -0.05) is 26.8 Å². The van der Waals surface area contributed by atoms with E-state index in [2.05, 4.69) is 4.74 Å². The first kappa shape index (κ1) is 21.9. The summed E-state index contributed by atoms with van der Waals surface area (Å²) in [6.07, 6.45) is -4.63. The highest BCUT2D eigenvalue weighted by Crippen LogP contribution is 2.34. The van der Waals surface area contributed by atoms with Crippen LogP contribution in [-0.2, 0) is 20.5 Å². The van der Waals surface area contributed by atoms with Crippen LogP contribution < -0.4 is 4.74 Å². The topological polar surface area (TPSA) is 52.6 Å². The Morgan fingerprint density at radius 3 is 2.27 bits per heavy atom. The molecule has 0 aliphatic carbocycles. The molecule has 1 rings (SSSR count). The number of rotatable bonds is 8. The number of esters is 2. The second-order valence-electron chi connectivity index (χ2n) is 6.12. The first-order chi connectivity index (χ1) is 12.1. The zero-order chi connectivity index (χ0) is 19.9. The normalized spacial score (nSPS) is 12.8. The molecular formula is C18H22F4O4. The second-order valence-corrected chi connectivity index (χ2v) is 6.12. The van der Waals surface area contributed by atoms with Crippen LogP contribution in [0.15, 0.2) is 18.2 Å². The van der Waals surface area contributed by atoms with E-state index < -0.39 is 35.2 Å². The van der Waals surface area contributed by atoms with Gasteiger partial charge in [-0.2, -0.15) is 13.2 Å². The van der Waals surface area contributed by atoms with E-state index in [-0.39, 0.29) is 31.3 Å². The zero-order valence-electron chi connectivity index (χ0n) is 14.9. The molecule has 0 saturated carbocycles. The summed E-state index contributed by atoms with van der Waals surface area (Å²) in [5.41, 5.74) is -1.51. The SMILES string of the molecule is CCC(OC(=O)CCCC(=O)Oc1cccc(C(F)(F)F)c1F)C(C)C. The van der Waals surface area contributed by atoms with Crippen molar-refractivity contribution in [2.24, 2.45) is 5.92 Å². The molecule has 0 aromatic heterocycles. The molecule has 0 heterocycles. The fourth-order valence-electron chi connectivity index (χ4n) is 2.28. The molecule has 0 radical (unpaired) electrons. The minimum Gasteiger partial charge on any atom is -0.462 e. The standard InChI is InChI=1S/C18H22F4O4/c1-4-13(11(2)3)25-15(23)9-6-10-16(24)26-14-8-5-7-12(17(14)19)18(20,21)22/h5,7-8,11,13H,4,6,9-10H2,1-3H3. The lowest BCUT2D eigenvalue weighted by Gasteiger charge is -2.19. The van der Waals surface area contributed by atoms with Crippen molar-refractivity contribution in [2.45, 2.75) is 58.7 Å². The summed E-state index contributed by atoms with van der Waals surface area (Å²) < 4.78 is 61.5. The van der Waals surface area contributed by atoms with E-state index in [4.69, 9.17) is 4.74 Å². The van der Waals surface area contributed by atoms with Gasteiger partial charge in [0.2, 0.25) is 0 Å². The number of hydrogen-bond acceptors (Lipinski definition) is 4. The van der Waals surface area contributed by atoms with Gasteiger partial charge in [0.05, 0.1) is 5.56 Å². The number of hydrogen-bond donors (Lipinski definition) is 0. The maximum Gasteiger partial charge on any atom is 0.419 e. The van der Waals surface area contributed by atoms with Gasteiger partial charge in [0.25, 0.3) is 0 Å². The molecular weight excluding hydrogens is 356 g/mol. The molecule has 0 aliphatic rings. The molecule has 0 aliphatic heterocycles. The van der Waals surface area contributed by atoms with Crippen molar-refractivity contribution in [3.05, 3.63) is 29.6 Å². The highest BCUT2D eigenvalue weighted by molar-refractivity contribution is 5.74. The molecule has 1 aromatic carbocycles. The smallest absolute Gasteiger partial charge is 0.419 e. The van der Waals surface area contributed by atoms with Gasteiger partial charge in [0, 0.05) is 12.8 Å². The van der Waals surface area contributed by atoms with Gasteiger partial charge in [0.15, 0.2) is 11.6 Å². The number of ether oxygens (including phenoxy) is 2. The summed E-state index contributed by atoms with van der Waals surface area (Å²) in [6.45, 7) is 5.73. The van der Waals surface area contributed by atoms with E-state index in [1.807, 2.05) is 20.8 Å². The predicted octanol–water partition coefficient (Wildman–Crippen LogP) is 4.90. The summed E-state index contributed by atoms with van der Waals surface area (Å²) >= 11 is 0. The van der Waals surface area contributed by atoms with Gasteiger partial charge in [-0.3, -0.25) is 9.59 Å². The molecule has 0 amide bonds. The highest BCUT2D eigenvalue weighted by Gasteiger charge is 2.35. The van der Waals surface area contributed by atoms with Gasteiger partial charge in [-0.15, -0.1) is 0 Å². The predicted molar refractivity (Wildman–Crippen MR) is 85.9 cm³/mol. The lowest BCUT2D eigenvalue weighted by Crippen LogP contribution is -2.23. The van der Waals surface area contributed by atoms with E-state index in [1.165, 1.54) is 0 Å². The summed E-state index contributed by atoms with van der Waals surface area (Å²) in [5, 5.41) is 0. The zero-order valence-corrected chi connectivity index (χ0v) is 14.9. The Hall–Kier alpha value is -2.12. The third-order valence-corrected chi connectivity index (χ3v) is 3.68. The van der Waals surface area contributed by atoms with Crippen molar-refractivity contribution < 1.29 is 36.6 Å². The van der Waals surface area contributed by atoms with Crippen LogP contribution in [0.25, 0.3) is 0 Å². The number of halogens is 4. The molecule has 0 N–H and O–H groups in total. The van der Waals surface area contributed by atoms with Crippen molar-refractivity contribution in [3.63, 3.8) is 0 Å². The number of benzene rings is 1. The van der Waals surface area contributed by atoms with Crippen molar-refractivity contribution in [2.75, 3.05) is 0 Å².